The second kappa shape index (κ2) is 4.89. The SMILES string of the molecule is CCC1(CC2CCCCS2)CCCN1. The highest BCUT2D eigenvalue weighted by Crippen LogP contribution is 2.36. The molecular weight excluding hydrogens is 190 g/mol. The van der Waals surface area contributed by atoms with Gasteiger partial charge in [-0.25, -0.2) is 0 Å². The topological polar surface area (TPSA) is 12.0 Å². The Balaban J connectivity index is 1.86. The minimum absolute atomic E-state index is 0.523. The lowest BCUT2D eigenvalue weighted by atomic mass is 9.87. The van der Waals surface area contributed by atoms with E-state index in [9.17, 15) is 0 Å². The van der Waals surface area contributed by atoms with Gasteiger partial charge in [-0.15, -0.1) is 0 Å². The summed E-state index contributed by atoms with van der Waals surface area (Å²) in [5.41, 5.74) is 0.523. The van der Waals surface area contributed by atoms with Crippen LogP contribution in [0.2, 0.25) is 0 Å². The summed E-state index contributed by atoms with van der Waals surface area (Å²) in [7, 11) is 0. The fourth-order valence-electron chi connectivity index (χ4n) is 2.89. The van der Waals surface area contributed by atoms with Crippen LogP contribution in [-0.2, 0) is 0 Å². The van der Waals surface area contributed by atoms with Crippen molar-refractivity contribution in [2.45, 2.75) is 62.7 Å². The molecule has 1 nitrogen and oxygen atoms in total. The Morgan fingerprint density at radius 1 is 1.36 bits per heavy atom. The molecule has 2 aliphatic heterocycles. The first-order valence-corrected chi connectivity index (χ1v) is 7.26. The molecule has 0 aromatic carbocycles. The lowest BCUT2D eigenvalue weighted by Gasteiger charge is -2.34. The molecule has 0 radical (unpaired) electrons. The van der Waals surface area contributed by atoms with Crippen LogP contribution in [0.15, 0.2) is 0 Å². The summed E-state index contributed by atoms with van der Waals surface area (Å²) in [5.74, 6) is 1.41. The Bertz CT molecular complexity index is 169. The molecule has 2 heterocycles. The number of hydrogen-bond acceptors (Lipinski definition) is 2. The van der Waals surface area contributed by atoms with E-state index in [0.717, 1.165) is 5.25 Å². The normalized spacial score (nSPS) is 38.8. The fraction of sp³-hybridized carbons (Fsp3) is 1.00. The average molecular weight is 213 g/mol. The van der Waals surface area contributed by atoms with Gasteiger partial charge in [0.25, 0.3) is 0 Å². The molecule has 0 spiro atoms. The Hall–Kier alpha value is 0.310. The standard InChI is InChI=1S/C12H23NS/c1-2-12(7-5-8-13-12)10-11-6-3-4-9-14-11/h11,13H,2-10H2,1H3. The van der Waals surface area contributed by atoms with Crippen LogP contribution in [0.1, 0.15) is 51.9 Å². The third kappa shape index (κ3) is 2.46. The Morgan fingerprint density at radius 2 is 2.29 bits per heavy atom. The second-order valence-corrected chi connectivity index (χ2v) is 6.27. The van der Waals surface area contributed by atoms with Gasteiger partial charge in [0.15, 0.2) is 0 Å². The summed E-state index contributed by atoms with van der Waals surface area (Å²) in [6.45, 7) is 3.61. The molecular formula is C12H23NS. The molecule has 2 aliphatic rings. The maximum absolute atomic E-state index is 3.75. The molecule has 2 unspecified atom stereocenters. The number of hydrogen-bond donors (Lipinski definition) is 1. The number of rotatable bonds is 3. The zero-order valence-corrected chi connectivity index (χ0v) is 10.2. The van der Waals surface area contributed by atoms with Crippen molar-refractivity contribution in [1.82, 2.24) is 5.32 Å². The highest BCUT2D eigenvalue weighted by Gasteiger charge is 2.34. The van der Waals surface area contributed by atoms with Gasteiger partial charge in [0.1, 0.15) is 0 Å². The molecule has 0 aromatic rings. The predicted molar refractivity (Wildman–Crippen MR) is 65.0 cm³/mol. The molecule has 0 aliphatic carbocycles. The van der Waals surface area contributed by atoms with Gasteiger partial charge in [0.05, 0.1) is 0 Å². The van der Waals surface area contributed by atoms with Crippen molar-refractivity contribution >= 4 is 11.8 Å². The lowest BCUT2D eigenvalue weighted by Crippen LogP contribution is -2.41. The minimum atomic E-state index is 0.523. The summed E-state index contributed by atoms with van der Waals surface area (Å²) >= 11 is 2.22. The summed E-state index contributed by atoms with van der Waals surface area (Å²) < 4.78 is 0. The highest BCUT2D eigenvalue weighted by atomic mass is 32.2. The molecule has 14 heavy (non-hydrogen) atoms. The average Bonchev–Trinajstić information content (AvgIpc) is 2.69. The Labute approximate surface area is 92.4 Å². The monoisotopic (exact) mass is 213 g/mol. The minimum Gasteiger partial charge on any atom is -0.311 e. The van der Waals surface area contributed by atoms with Gasteiger partial charge in [-0.3, -0.25) is 0 Å². The maximum Gasteiger partial charge on any atom is 0.0189 e. The van der Waals surface area contributed by atoms with E-state index in [1.807, 2.05) is 0 Å². The molecule has 1 N–H and O–H groups in total. The highest BCUT2D eigenvalue weighted by molar-refractivity contribution is 7.99. The van der Waals surface area contributed by atoms with Crippen LogP contribution in [0.4, 0.5) is 0 Å². The van der Waals surface area contributed by atoms with Gasteiger partial charge in [-0.05, 0) is 50.8 Å². The van der Waals surface area contributed by atoms with Crippen molar-refractivity contribution in [3.8, 4) is 0 Å². The van der Waals surface area contributed by atoms with Crippen LogP contribution in [-0.4, -0.2) is 23.1 Å². The van der Waals surface area contributed by atoms with Crippen molar-refractivity contribution in [2.75, 3.05) is 12.3 Å². The van der Waals surface area contributed by atoms with Crippen LogP contribution in [0.5, 0.6) is 0 Å². The first-order valence-electron chi connectivity index (χ1n) is 6.21. The summed E-state index contributed by atoms with van der Waals surface area (Å²) in [5, 5.41) is 4.71. The Kier molecular flexibility index (Phi) is 3.78. The first kappa shape index (κ1) is 10.8. The third-order valence-electron chi connectivity index (χ3n) is 3.90. The second-order valence-electron chi connectivity index (χ2n) is 4.86. The van der Waals surface area contributed by atoms with Crippen LogP contribution in [0.25, 0.3) is 0 Å². The van der Waals surface area contributed by atoms with E-state index in [1.165, 1.54) is 57.2 Å². The molecule has 0 bridgehead atoms. The van der Waals surface area contributed by atoms with Crippen molar-refractivity contribution in [3.63, 3.8) is 0 Å². The molecule has 0 aromatic heterocycles. The maximum atomic E-state index is 3.75. The van der Waals surface area contributed by atoms with Crippen LogP contribution < -0.4 is 5.32 Å². The third-order valence-corrected chi connectivity index (χ3v) is 5.30. The molecule has 0 amide bonds. The molecule has 2 heteroatoms. The first-order chi connectivity index (χ1) is 6.85. The van der Waals surface area contributed by atoms with Gasteiger partial charge in [0.2, 0.25) is 0 Å². The zero-order chi connectivity index (χ0) is 9.86. The quantitative estimate of drug-likeness (QED) is 0.772. The zero-order valence-electron chi connectivity index (χ0n) is 9.35. The van der Waals surface area contributed by atoms with Gasteiger partial charge in [0, 0.05) is 10.8 Å². The van der Waals surface area contributed by atoms with Crippen molar-refractivity contribution in [2.24, 2.45) is 0 Å². The van der Waals surface area contributed by atoms with E-state index >= 15 is 0 Å². The molecule has 0 saturated carbocycles. The van der Waals surface area contributed by atoms with Crippen LogP contribution in [0, 0.1) is 0 Å². The van der Waals surface area contributed by atoms with E-state index in [2.05, 4.69) is 24.0 Å². The van der Waals surface area contributed by atoms with Crippen LogP contribution in [0.3, 0.4) is 0 Å². The molecule has 2 saturated heterocycles. The van der Waals surface area contributed by atoms with Gasteiger partial charge >= 0.3 is 0 Å². The van der Waals surface area contributed by atoms with E-state index < -0.39 is 0 Å². The van der Waals surface area contributed by atoms with Crippen molar-refractivity contribution in [3.05, 3.63) is 0 Å². The van der Waals surface area contributed by atoms with E-state index in [-0.39, 0.29) is 0 Å². The van der Waals surface area contributed by atoms with Crippen LogP contribution >= 0.6 is 11.8 Å². The summed E-state index contributed by atoms with van der Waals surface area (Å²) in [4.78, 5) is 0. The fourth-order valence-corrected chi connectivity index (χ4v) is 4.37. The number of thioether (sulfide) groups is 1. The lowest BCUT2D eigenvalue weighted by molar-refractivity contribution is 0.326. The molecule has 82 valence electrons. The summed E-state index contributed by atoms with van der Waals surface area (Å²) in [6, 6.07) is 0. The van der Waals surface area contributed by atoms with Crippen molar-refractivity contribution in [1.29, 1.82) is 0 Å². The van der Waals surface area contributed by atoms with Gasteiger partial charge in [-0.1, -0.05) is 13.3 Å². The summed E-state index contributed by atoms with van der Waals surface area (Å²) in [6.07, 6.45) is 9.95. The predicted octanol–water partition coefficient (Wildman–Crippen LogP) is 3.19. The Morgan fingerprint density at radius 3 is 2.86 bits per heavy atom. The molecule has 2 rings (SSSR count). The number of nitrogens with one attached hydrogen (secondary N) is 1. The van der Waals surface area contributed by atoms with E-state index in [1.54, 1.807) is 0 Å². The van der Waals surface area contributed by atoms with Crippen molar-refractivity contribution < 1.29 is 0 Å². The van der Waals surface area contributed by atoms with E-state index in [4.69, 9.17) is 0 Å². The molecule has 2 fully saturated rings. The largest absolute Gasteiger partial charge is 0.311 e. The van der Waals surface area contributed by atoms with E-state index in [0.29, 0.717) is 5.54 Å². The smallest absolute Gasteiger partial charge is 0.0189 e. The molecule has 2 atom stereocenters. The van der Waals surface area contributed by atoms with Gasteiger partial charge in [-0.2, -0.15) is 11.8 Å². The van der Waals surface area contributed by atoms with Gasteiger partial charge < -0.3 is 5.32 Å².